The molecule has 212 valence electrons. The van der Waals surface area contributed by atoms with Crippen LogP contribution in [-0.4, -0.2) is 64.3 Å². The number of benzene rings is 2. The number of halogens is 2. The Kier molecular flexibility index (Phi) is 8.83. The summed E-state index contributed by atoms with van der Waals surface area (Å²) >= 11 is 12.8. The highest BCUT2D eigenvalue weighted by Gasteiger charge is 2.40. The Morgan fingerprint density at radius 2 is 1.77 bits per heavy atom. The Morgan fingerprint density at radius 1 is 1.00 bits per heavy atom. The van der Waals surface area contributed by atoms with Gasteiger partial charge < -0.3 is 20.1 Å². The summed E-state index contributed by atoms with van der Waals surface area (Å²) in [5.41, 5.74) is 1.77. The van der Waals surface area contributed by atoms with E-state index in [0.717, 1.165) is 63.7 Å². The van der Waals surface area contributed by atoms with Crippen LogP contribution in [0.3, 0.4) is 0 Å². The van der Waals surface area contributed by atoms with Crippen molar-refractivity contribution >= 4 is 35.0 Å². The van der Waals surface area contributed by atoms with Crippen LogP contribution in [0.5, 0.6) is 0 Å². The Morgan fingerprint density at radius 3 is 2.45 bits per heavy atom. The van der Waals surface area contributed by atoms with Gasteiger partial charge in [-0.1, -0.05) is 59.6 Å². The summed E-state index contributed by atoms with van der Waals surface area (Å²) < 4.78 is 0. The number of likely N-dealkylation sites (tertiary alicyclic amines) is 2. The summed E-state index contributed by atoms with van der Waals surface area (Å²) in [4.78, 5) is 36.9. The second kappa shape index (κ2) is 12.3. The van der Waals surface area contributed by atoms with Crippen LogP contribution in [0.15, 0.2) is 60.9 Å². The lowest BCUT2D eigenvalue weighted by atomic mass is 9.71. The van der Waals surface area contributed by atoms with Gasteiger partial charge in [0.05, 0.1) is 15.6 Å². The normalized spacial score (nSPS) is 21.2. The molecule has 40 heavy (non-hydrogen) atoms. The minimum absolute atomic E-state index is 0.00631. The maximum atomic E-state index is 13.2. The highest BCUT2D eigenvalue weighted by Crippen LogP contribution is 2.41. The summed E-state index contributed by atoms with van der Waals surface area (Å²) in [6.07, 6.45) is 8.85. The average Bonchev–Trinajstić information content (AvgIpc) is 3.51. The van der Waals surface area contributed by atoms with Gasteiger partial charge in [-0.15, -0.1) is 0 Å². The van der Waals surface area contributed by atoms with Crippen molar-refractivity contribution in [1.82, 2.24) is 25.1 Å². The molecule has 2 aliphatic rings. The topological polar surface area (TPSA) is 81.3 Å². The van der Waals surface area contributed by atoms with Crippen molar-refractivity contribution in [2.45, 2.75) is 56.4 Å². The van der Waals surface area contributed by atoms with E-state index in [4.69, 9.17) is 23.2 Å². The molecule has 0 bridgehead atoms. The van der Waals surface area contributed by atoms with E-state index in [9.17, 15) is 9.59 Å². The van der Waals surface area contributed by atoms with Crippen LogP contribution < -0.4 is 5.32 Å². The molecule has 3 aromatic rings. The molecule has 2 aromatic carbocycles. The second-order valence-corrected chi connectivity index (χ2v) is 12.1. The highest BCUT2D eigenvalue weighted by molar-refractivity contribution is 6.42. The summed E-state index contributed by atoms with van der Waals surface area (Å²) in [5.74, 6) is 0.312. The van der Waals surface area contributed by atoms with Crippen molar-refractivity contribution in [3.05, 3.63) is 87.9 Å². The van der Waals surface area contributed by atoms with E-state index in [0.29, 0.717) is 29.0 Å². The molecule has 1 aromatic heterocycles. The number of carbonyl (C=O) groups is 2. The van der Waals surface area contributed by atoms with Gasteiger partial charge in [-0.05, 0) is 68.3 Å². The Balaban J connectivity index is 1.28. The fourth-order valence-electron chi connectivity index (χ4n) is 6.63. The Bertz CT molecular complexity index is 1310. The van der Waals surface area contributed by atoms with Crippen LogP contribution in [0.1, 0.15) is 67.2 Å². The fraction of sp³-hybridized carbons (Fsp3) is 0.452. The number of hydrogen-bond donors (Lipinski definition) is 2. The third kappa shape index (κ3) is 6.22. The molecule has 7 nitrogen and oxygen atoms in total. The molecule has 3 heterocycles. The zero-order valence-electron chi connectivity index (χ0n) is 23.0. The average molecular weight is 583 g/mol. The lowest BCUT2D eigenvalue weighted by Gasteiger charge is -2.45. The monoisotopic (exact) mass is 581 g/mol. The van der Waals surface area contributed by atoms with Crippen molar-refractivity contribution in [3.8, 4) is 0 Å². The van der Waals surface area contributed by atoms with E-state index in [1.807, 2.05) is 35.2 Å². The third-order valence-corrected chi connectivity index (χ3v) is 9.42. The van der Waals surface area contributed by atoms with E-state index >= 15 is 0 Å². The molecule has 0 radical (unpaired) electrons. The van der Waals surface area contributed by atoms with E-state index in [2.05, 4.69) is 38.4 Å². The Hall–Kier alpha value is -2.87. The lowest BCUT2D eigenvalue weighted by molar-refractivity contribution is -0.121. The molecule has 5 rings (SSSR count). The maximum Gasteiger partial charge on any atom is 0.289 e. The van der Waals surface area contributed by atoms with Gasteiger partial charge in [-0.25, -0.2) is 4.98 Å². The maximum absolute atomic E-state index is 13.2. The number of aromatic nitrogens is 2. The standard InChI is InChI=1S/C31H37Cl2N5O2/c1-23(39)36-31(24-7-3-2-4-8-24)13-19-37(20-14-31)17-5-11-30(25-9-10-26(32)27(33)21-25)12-6-18-38(22-30)29(40)28-34-15-16-35-28/h2-4,7-10,15-16,21H,5-6,11-14,17-20,22H2,1H3,(H,34,35)(H,36,39). The number of rotatable bonds is 8. The number of nitrogens with zero attached hydrogens (tertiary/aromatic N) is 3. The largest absolute Gasteiger partial charge is 0.347 e. The van der Waals surface area contributed by atoms with Crippen LogP contribution in [0.25, 0.3) is 0 Å². The van der Waals surface area contributed by atoms with Crippen LogP contribution in [0.4, 0.5) is 0 Å². The van der Waals surface area contributed by atoms with E-state index in [1.54, 1.807) is 19.3 Å². The zero-order valence-corrected chi connectivity index (χ0v) is 24.5. The van der Waals surface area contributed by atoms with Crippen molar-refractivity contribution in [1.29, 1.82) is 0 Å². The second-order valence-electron chi connectivity index (χ2n) is 11.3. The molecular formula is C31H37Cl2N5O2. The van der Waals surface area contributed by atoms with Crippen molar-refractivity contribution in [2.75, 3.05) is 32.7 Å². The molecule has 1 unspecified atom stereocenters. The van der Waals surface area contributed by atoms with Crippen LogP contribution >= 0.6 is 23.2 Å². The first-order chi connectivity index (χ1) is 19.3. The van der Waals surface area contributed by atoms with Gasteiger partial charge in [0, 0.05) is 50.9 Å². The molecule has 0 spiro atoms. The number of amides is 2. The van der Waals surface area contributed by atoms with Gasteiger partial charge in [0.25, 0.3) is 5.91 Å². The number of imidazole rings is 1. The number of H-pyrrole nitrogens is 1. The van der Waals surface area contributed by atoms with Gasteiger partial charge in [0.15, 0.2) is 5.82 Å². The van der Waals surface area contributed by atoms with Gasteiger partial charge >= 0.3 is 0 Å². The minimum atomic E-state index is -0.318. The predicted molar refractivity (Wildman–Crippen MR) is 159 cm³/mol. The van der Waals surface area contributed by atoms with Crippen molar-refractivity contribution in [3.63, 3.8) is 0 Å². The van der Waals surface area contributed by atoms with Gasteiger partial charge in [-0.3, -0.25) is 9.59 Å². The summed E-state index contributed by atoms with van der Waals surface area (Å²) in [6, 6.07) is 16.2. The quantitative estimate of drug-likeness (QED) is 0.352. The first-order valence-corrected chi connectivity index (χ1v) is 14.9. The molecule has 2 fully saturated rings. The predicted octanol–water partition coefficient (Wildman–Crippen LogP) is 5.80. The molecule has 1 atom stereocenters. The number of piperidine rings is 2. The summed E-state index contributed by atoms with van der Waals surface area (Å²) in [5, 5.41) is 4.35. The smallest absolute Gasteiger partial charge is 0.289 e. The van der Waals surface area contributed by atoms with Gasteiger partial charge in [0.2, 0.25) is 5.91 Å². The van der Waals surface area contributed by atoms with Crippen LogP contribution in [0, 0.1) is 0 Å². The SMILES string of the molecule is CC(=O)NC1(c2ccccc2)CCN(CCCC2(c3ccc(Cl)c(Cl)c3)CCCN(C(=O)c3ncc[nH]3)C2)CC1. The van der Waals surface area contributed by atoms with E-state index in [-0.39, 0.29) is 22.8 Å². The van der Waals surface area contributed by atoms with Crippen molar-refractivity contribution in [2.24, 2.45) is 0 Å². The zero-order chi connectivity index (χ0) is 28.2. The highest BCUT2D eigenvalue weighted by atomic mass is 35.5. The number of carbonyl (C=O) groups excluding carboxylic acids is 2. The summed E-state index contributed by atoms with van der Waals surface area (Å²) in [7, 11) is 0. The van der Waals surface area contributed by atoms with Crippen LogP contribution in [-0.2, 0) is 15.7 Å². The minimum Gasteiger partial charge on any atom is -0.347 e. The molecule has 2 saturated heterocycles. The lowest BCUT2D eigenvalue weighted by Crippen LogP contribution is -2.53. The molecular weight excluding hydrogens is 545 g/mol. The number of aromatic amines is 1. The first kappa shape index (κ1) is 28.7. The molecule has 0 aliphatic carbocycles. The fourth-order valence-corrected chi connectivity index (χ4v) is 6.92. The molecule has 2 amide bonds. The third-order valence-electron chi connectivity index (χ3n) is 8.68. The number of nitrogens with one attached hydrogen (secondary N) is 2. The van der Waals surface area contributed by atoms with Crippen molar-refractivity contribution < 1.29 is 9.59 Å². The van der Waals surface area contributed by atoms with E-state index < -0.39 is 0 Å². The van der Waals surface area contributed by atoms with Gasteiger partial charge in [0.1, 0.15) is 0 Å². The molecule has 0 saturated carbocycles. The number of hydrogen-bond acceptors (Lipinski definition) is 4. The van der Waals surface area contributed by atoms with E-state index in [1.165, 1.54) is 5.56 Å². The molecule has 2 N–H and O–H groups in total. The summed E-state index contributed by atoms with van der Waals surface area (Å²) in [6.45, 7) is 5.71. The Labute approximate surface area is 246 Å². The van der Waals surface area contributed by atoms with Crippen LogP contribution in [0.2, 0.25) is 10.0 Å². The first-order valence-electron chi connectivity index (χ1n) is 14.1. The molecule has 9 heteroatoms. The molecule has 2 aliphatic heterocycles. The van der Waals surface area contributed by atoms with Gasteiger partial charge in [-0.2, -0.15) is 0 Å².